The van der Waals surface area contributed by atoms with E-state index in [9.17, 15) is 4.79 Å². The van der Waals surface area contributed by atoms with Crippen molar-refractivity contribution < 1.29 is 4.79 Å². The molecule has 2 heteroatoms. The van der Waals surface area contributed by atoms with Gasteiger partial charge in [0.15, 0.2) is 5.78 Å². The number of ketones is 1. The lowest BCUT2D eigenvalue weighted by Crippen LogP contribution is -2.28. The van der Waals surface area contributed by atoms with Gasteiger partial charge in [-0.1, -0.05) is 39.5 Å². The third-order valence-electron chi connectivity index (χ3n) is 5.24. The summed E-state index contributed by atoms with van der Waals surface area (Å²) >= 11 is 0. The van der Waals surface area contributed by atoms with Crippen molar-refractivity contribution in [1.29, 1.82) is 0 Å². The summed E-state index contributed by atoms with van der Waals surface area (Å²) in [6.45, 7) is 7.71. The zero-order valence-corrected chi connectivity index (χ0v) is 13.2. The maximum atomic E-state index is 12.3. The van der Waals surface area contributed by atoms with E-state index in [-0.39, 0.29) is 5.41 Å². The second kappa shape index (κ2) is 5.05. The predicted molar refractivity (Wildman–Crippen MR) is 82.2 cm³/mol. The first-order valence-corrected chi connectivity index (χ1v) is 8.18. The van der Waals surface area contributed by atoms with Gasteiger partial charge >= 0.3 is 0 Å². The second-order valence-electron chi connectivity index (χ2n) is 7.68. The number of carbonyl (C=O) groups is 1. The van der Waals surface area contributed by atoms with E-state index in [1.807, 2.05) is 0 Å². The van der Waals surface area contributed by atoms with Crippen LogP contribution in [0.15, 0.2) is 6.07 Å². The molecule has 2 nitrogen and oxygen atoms in total. The van der Waals surface area contributed by atoms with E-state index in [4.69, 9.17) is 0 Å². The standard InChI is InChI=1S/C18H27NO/c1-13-10-15-16(11-18(2,3)12-17(15)20)19(13)9-8-14-6-4-5-7-14/h10,14H,4-9,11-12H2,1-3H3. The highest BCUT2D eigenvalue weighted by Gasteiger charge is 2.33. The molecular formula is C18H27NO. The molecule has 0 bridgehead atoms. The minimum absolute atomic E-state index is 0.125. The number of nitrogens with zero attached hydrogens (tertiary/aromatic N) is 1. The lowest BCUT2D eigenvalue weighted by molar-refractivity contribution is 0.0910. The molecule has 20 heavy (non-hydrogen) atoms. The topological polar surface area (TPSA) is 22.0 Å². The van der Waals surface area contributed by atoms with Gasteiger partial charge in [-0.15, -0.1) is 0 Å². The summed E-state index contributed by atoms with van der Waals surface area (Å²) in [5.74, 6) is 1.26. The van der Waals surface area contributed by atoms with Crippen molar-refractivity contribution in [1.82, 2.24) is 4.57 Å². The highest BCUT2D eigenvalue weighted by Crippen LogP contribution is 2.37. The van der Waals surface area contributed by atoms with Crippen LogP contribution in [0, 0.1) is 18.3 Å². The normalized spacial score (nSPS) is 22.2. The van der Waals surface area contributed by atoms with Crippen LogP contribution >= 0.6 is 0 Å². The third kappa shape index (κ3) is 2.57. The number of hydrogen-bond acceptors (Lipinski definition) is 1. The molecule has 2 aliphatic rings. The highest BCUT2D eigenvalue weighted by atomic mass is 16.1. The van der Waals surface area contributed by atoms with Crippen molar-refractivity contribution in [2.75, 3.05) is 0 Å². The Hall–Kier alpha value is -1.05. The van der Waals surface area contributed by atoms with Gasteiger partial charge in [-0.05, 0) is 37.2 Å². The van der Waals surface area contributed by atoms with Gasteiger partial charge in [0.05, 0.1) is 0 Å². The van der Waals surface area contributed by atoms with Crippen LogP contribution < -0.4 is 0 Å². The molecule has 1 heterocycles. The molecule has 110 valence electrons. The monoisotopic (exact) mass is 273 g/mol. The number of fused-ring (bicyclic) bond motifs is 1. The Morgan fingerprint density at radius 3 is 2.65 bits per heavy atom. The van der Waals surface area contributed by atoms with E-state index < -0.39 is 0 Å². The van der Waals surface area contributed by atoms with Gasteiger partial charge in [-0.2, -0.15) is 0 Å². The van der Waals surface area contributed by atoms with Crippen LogP contribution in [0.5, 0.6) is 0 Å². The van der Waals surface area contributed by atoms with Gasteiger partial charge in [0, 0.05) is 29.9 Å². The Bertz CT molecular complexity index is 518. The van der Waals surface area contributed by atoms with Crippen molar-refractivity contribution in [3.05, 3.63) is 23.0 Å². The summed E-state index contributed by atoms with van der Waals surface area (Å²) in [6.07, 6.45) is 8.69. The van der Waals surface area contributed by atoms with Gasteiger partial charge in [-0.25, -0.2) is 0 Å². The molecule has 0 aromatic carbocycles. The van der Waals surface area contributed by atoms with Crippen LogP contribution in [0.25, 0.3) is 0 Å². The zero-order valence-electron chi connectivity index (χ0n) is 13.2. The van der Waals surface area contributed by atoms with E-state index >= 15 is 0 Å². The quantitative estimate of drug-likeness (QED) is 0.793. The minimum Gasteiger partial charge on any atom is -0.348 e. The molecule has 0 N–H and O–H groups in total. The Morgan fingerprint density at radius 2 is 1.95 bits per heavy atom. The predicted octanol–water partition coefficient (Wildman–Crippen LogP) is 4.53. The van der Waals surface area contributed by atoms with Crippen molar-refractivity contribution in [3.63, 3.8) is 0 Å². The molecule has 0 amide bonds. The summed E-state index contributed by atoms with van der Waals surface area (Å²) in [6, 6.07) is 2.13. The molecular weight excluding hydrogens is 246 g/mol. The van der Waals surface area contributed by atoms with Gasteiger partial charge in [0.25, 0.3) is 0 Å². The summed E-state index contributed by atoms with van der Waals surface area (Å²) in [5.41, 5.74) is 3.72. The average molecular weight is 273 g/mol. The number of carbonyl (C=O) groups excluding carboxylic acids is 1. The van der Waals surface area contributed by atoms with Gasteiger partial charge in [-0.3, -0.25) is 4.79 Å². The van der Waals surface area contributed by atoms with E-state index in [2.05, 4.69) is 31.4 Å². The SMILES string of the molecule is Cc1cc2c(n1CCC1CCCC1)CC(C)(C)CC2=O. The first kappa shape index (κ1) is 13.9. The van der Waals surface area contributed by atoms with Crippen molar-refractivity contribution in [2.24, 2.45) is 11.3 Å². The summed E-state index contributed by atoms with van der Waals surface area (Å²) in [4.78, 5) is 12.3. The van der Waals surface area contributed by atoms with Gasteiger partial charge < -0.3 is 4.57 Å². The highest BCUT2D eigenvalue weighted by molar-refractivity contribution is 5.99. The summed E-state index contributed by atoms with van der Waals surface area (Å²) in [7, 11) is 0. The van der Waals surface area contributed by atoms with Gasteiger partial charge in [0.1, 0.15) is 0 Å². The van der Waals surface area contributed by atoms with E-state index in [1.165, 1.54) is 43.5 Å². The average Bonchev–Trinajstić information content (AvgIpc) is 2.94. The number of aromatic nitrogens is 1. The summed E-state index contributed by atoms with van der Waals surface area (Å²) in [5, 5.41) is 0. The molecule has 0 atom stereocenters. The molecule has 1 saturated carbocycles. The maximum Gasteiger partial charge on any atom is 0.165 e. The largest absolute Gasteiger partial charge is 0.348 e. The first-order chi connectivity index (χ1) is 9.46. The number of hydrogen-bond donors (Lipinski definition) is 0. The Labute approximate surface area is 122 Å². The van der Waals surface area contributed by atoms with Crippen LogP contribution in [0.1, 0.15) is 74.1 Å². The van der Waals surface area contributed by atoms with Crippen LogP contribution in [0.3, 0.4) is 0 Å². The van der Waals surface area contributed by atoms with E-state index in [0.717, 1.165) is 24.4 Å². The fraction of sp³-hybridized carbons (Fsp3) is 0.722. The molecule has 2 aliphatic carbocycles. The smallest absolute Gasteiger partial charge is 0.165 e. The van der Waals surface area contributed by atoms with Crippen LogP contribution in [0.4, 0.5) is 0 Å². The fourth-order valence-electron chi connectivity index (χ4n) is 4.13. The number of Topliss-reactive ketones (excluding diaryl/α,β-unsaturated/α-hetero) is 1. The third-order valence-corrected chi connectivity index (χ3v) is 5.24. The van der Waals surface area contributed by atoms with Crippen molar-refractivity contribution in [2.45, 2.75) is 72.3 Å². The second-order valence-corrected chi connectivity index (χ2v) is 7.68. The first-order valence-electron chi connectivity index (χ1n) is 8.18. The van der Waals surface area contributed by atoms with Crippen LogP contribution in [0.2, 0.25) is 0 Å². The van der Waals surface area contributed by atoms with Crippen LogP contribution in [-0.4, -0.2) is 10.4 Å². The fourth-order valence-corrected chi connectivity index (χ4v) is 4.13. The van der Waals surface area contributed by atoms with Crippen molar-refractivity contribution in [3.8, 4) is 0 Å². The lowest BCUT2D eigenvalue weighted by atomic mass is 9.76. The van der Waals surface area contributed by atoms with E-state index in [0.29, 0.717) is 12.2 Å². The lowest BCUT2D eigenvalue weighted by Gasteiger charge is -2.30. The number of rotatable bonds is 3. The number of aryl methyl sites for hydroxylation is 1. The molecule has 0 saturated heterocycles. The zero-order chi connectivity index (χ0) is 14.3. The molecule has 1 aromatic heterocycles. The van der Waals surface area contributed by atoms with Crippen molar-refractivity contribution >= 4 is 5.78 Å². The van der Waals surface area contributed by atoms with Crippen LogP contribution in [-0.2, 0) is 13.0 Å². The van der Waals surface area contributed by atoms with E-state index in [1.54, 1.807) is 0 Å². The molecule has 3 rings (SSSR count). The Morgan fingerprint density at radius 1 is 1.25 bits per heavy atom. The minimum atomic E-state index is 0.125. The Balaban J connectivity index is 1.82. The molecule has 0 spiro atoms. The maximum absolute atomic E-state index is 12.3. The molecule has 0 aliphatic heterocycles. The molecule has 1 aromatic rings. The Kier molecular flexibility index (Phi) is 3.51. The molecule has 0 unspecified atom stereocenters. The molecule has 0 radical (unpaired) electrons. The van der Waals surface area contributed by atoms with Gasteiger partial charge in [0.2, 0.25) is 0 Å². The molecule has 1 fully saturated rings. The summed E-state index contributed by atoms with van der Waals surface area (Å²) < 4.78 is 2.44.